The van der Waals surface area contributed by atoms with Crippen LogP contribution in [-0.4, -0.2) is 37.2 Å². The third kappa shape index (κ3) is 7.50. The number of amidine groups is 1. The predicted octanol–water partition coefficient (Wildman–Crippen LogP) is 1.73. The Kier molecular flexibility index (Phi) is 6.20. The summed E-state index contributed by atoms with van der Waals surface area (Å²) in [4.78, 5) is 16.9. The lowest BCUT2D eigenvalue weighted by atomic mass is 10.2. The van der Waals surface area contributed by atoms with Gasteiger partial charge >= 0.3 is 0 Å². The van der Waals surface area contributed by atoms with Gasteiger partial charge in [0, 0.05) is 27.1 Å². The topological polar surface area (TPSA) is 32.7 Å². The van der Waals surface area contributed by atoms with Gasteiger partial charge in [0.05, 0.1) is 5.84 Å². The van der Waals surface area contributed by atoms with Crippen molar-refractivity contribution in [2.45, 2.75) is 33.1 Å². The van der Waals surface area contributed by atoms with Crippen molar-refractivity contribution in [3.63, 3.8) is 0 Å². The molecule has 76 valence electrons. The largest absolute Gasteiger partial charge is 0.367 e. The highest BCUT2D eigenvalue weighted by Gasteiger charge is 1.94. The zero-order valence-corrected chi connectivity index (χ0v) is 9.13. The van der Waals surface area contributed by atoms with Crippen LogP contribution in [0, 0.1) is 0 Å². The number of hydrogen-bond donors (Lipinski definition) is 0. The summed E-state index contributed by atoms with van der Waals surface area (Å²) in [5.41, 5.74) is 0. The van der Waals surface area contributed by atoms with Crippen molar-refractivity contribution in [1.29, 1.82) is 0 Å². The molecule has 13 heavy (non-hydrogen) atoms. The van der Waals surface area contributed by atoms with Crippen LogP contribution in [0.5, 0.6) is 0 Å². The molecule has 0 amide bonds. The number of Topliss-reactive ketones (excluding diaryl/α,β-unsaturated/α-hetero) is 1. The molecule has 0 radical (unpaired) electrons. The molecule has 0 saturated carbocycles. The maximum atomic E-state index is 10.6. The maximum absolute atomic E-state index is 10.6. The smallest absolute Gasteiger partial charge is 0.129 e. The number of hydrogen-bond acceptors (Lipinski definition) is 2. The Morgan fingerprint density at radius 2 is 1.85 bits per heavy atom. The first-order valence-corrected chi connectivity index (χ1v) is 4.72. The molecule has 0 aliphatic carbocycles. The number of nitrogens with zero attached hydrogens (tertiary/aromatic N) is 2. The summed E-state index contributed by atoms with van der Waals surface area (Å²) in [7, 11) is 3.96. The van der Waals surface area contributed by atoms with Crippen molar-refractivity contribution >= 4 is 11.6 Å². The Labute approximate surface area is 80.8 Å². The third-order valence-corrected chi connectivity index (χ3v) is 1.92. The van der Waals surface area contributed by atoms with Crippen molar-refractivity contribution < 1.29 is 4.79 Å². The first-order chi connectivity index (χ1) is 6.04. The van der Waals surface area contributed by atoms with Crippen molar-refractivity contribution in [2.75, 3.05) is 20.6 Å². The van der Waals surface area contributed by atoms with Crippen LogP contribution in [0.3, 0.4) is 0 Å². The fourth-order valence-corrected chi connectivity index (χ4v) is 0.868. The Morgan fingerprint density at radius 1 is 1.23 bits per heavy atom. The van der Waals surface area contributed by atoms with E-state index in [1.807, 2.05) is 25.9 Å². The van der Waals surface area contributed by atoms with E-state index in [0.717, 1.165) is 25.2 Å². The fourth-order valence-electron chi connectivity index (χ4n) is 0.868. The van der Waals surface area contributed by atoms with Crippen LogP contribution in [0.4, 0.5) is 0 Å². The second-order valence-electron chi connectivity index (χ2n) is 3.48. The standard InChI is InChI=1S/C10H20N2O/c1-9(13)7-5-6-8-11-10(2)12(3)4/h5-8H2,1-4H3/b11-10-. The van der Waals surface area contributed by atoms with E-state index < -0.39 is 0 Å². The highest BCUT2D eigenvalue weighted by Crippen LogP contribution is 1.97. The van der Waals surface area contributed by atoms with Gasteiger partial charge in [0.25, 0.3) is 0 Å². The molecule has 0 aliphatic rings. The van der Waals surface area contributed by atoms with Gasteiger partial charge in [-0.3, -0.25) is 4.99 Å². The van der Waals surface area contributed by atoms with E-state index in [1.54, 1.807) is 6.92 Å². The van der Waals surface area contributed by atoms with E-state index in [0.29, 0.717) is 6.42 Å². The van der Waals surface area contributed by atoms with E-state index in [-0.39, 0.29) is 5.78 Å². The predicted molar refractivity (Wildman–Crippen MR) is 56.2 cm³/mol. The molecule has 0 atom stereocenters. The third-order valence-electron chi connectivity index (χ3n) is 1.92. The van der Waals surface area contributed by atoms with Gasteiger partial charge in [-0.15, -0.1) is 0 Å². The van der Waals surface area contributed by atoms with Crippen molar-refractivity contribution in [3.8, 4) is 0 Å². The average Bonchev–Trinajstić information content (AvgIpc) is 2.02. The zero-order chi connectivity index (χ0) is 10.3. The maximum Gasteiger partial charge on any atom is 0.129 e. The number of rotatable bonds is 5. The van der Waals surface area contributed by atoms with Gasteiger partial charge in [0.1, 0.15) is 5.78 Å². The van der Waals surface area contributed by atoms with Gasteiger partial charge in [-0.2, -0.15) is 0 Å². The van der Waals surface area contributed by atoms with Crippen LogP contribution < -0.4 is 0 Å². The fraction of sp³-hybridized carbons (Fsp3) is 0.800. The van der Waals surface area contributed by atoms with Gasteiger partial charge in [-0.25, -0.2) is 0 Å². The van der Waals surface area contributed by atoms with Crippen LogP contribution in [0.2, 0.25) is 0 Å². The minimum absolute atomic E-state index is 0.272. The lowest BCUT2D eigenvalue weighted by Crippen LogP contribution is -2.18. The SMILES string of the molecule is CC(=O)CCCC/N=C(/C)N(C)C. The van der Waals surface area contributed by atoms with E-state index in [2.05, 4.69) is 4.99 Å². The average molecular weight is 184 g/mol. The van der Waals surface area contributed by atoms with Crippen LogP contribution in [0.1, 0.15) is 33.1 Å². The summed E-state index contributed by atoms with van der Waals surface area (Å²) in [6, 6.07) is 0. The van der Waals surface area contributed by atoms with Crippen LogP contribution in [-0.2, 0) is 4.79 Å². The molecule has 0 aromatic rings. The lowest BCUT2D eigenvalue weighted by molar-refractivity contribution is -0.117. The monoisotopic (exact) mass is 184 g/mol. The molecule has 0 aliphatic heterocycles. The molecular formula is C10H20N2O. The normalized spacial score (nSPS) is 11.5. The Balaban J connectivity index is 3.44. The summed E-state index contributed by atoms with van der Waals surface area (Å²) in [5.74, 6) is 1.32. The number of carbonyl (C=O) groups excluding carboxylic acids is 1. The van der Waals surface area contributed by atoms with Crippen molar-refractivity contribution in [1.82, 2.24) is 4.90 Å². The molecule has 3 heteroatoms. The summed E-state index contributed by atoms with van der Waals surface area (Å²) >= 11 is 0. The summed E-state index contributed by atoms with van der Waals surface area (Å²) in [6.07, 6.45) is 2.65. The van der Waals surface area contributed by atoms with Crippen molar-refractivity contribution in [3.05, 3.63) is 0 Å². The molecule has 0 saturated heterocycles. The Bertz CT molecular complexity index is 185. The number of ketones is 1. The van der Waals surface area contributed by atoms with Gasteiger partial charge in [-0.05, 0) is 26.7 Å². The Hall–Kier alpha value is -0.860. The molecule has 0 heterocycles. The quantitative estimate of drug-likeness (QED) is 0.370. The van der Waals surface area contributed by atoms with Crippen LogP contribution >= 0.6 is 0 Å². The van der Waals surface area contributed by atoms with Crippen LogP contribution in [0.25, 0.3) is 0 Å². The van der Waals surface area contributed by atoms with Crippen molar-refractivity contribution in [2.24, 2.45) is 4.99 Å². The first-order valence-electron chi connectivity index (χ1n) is 4.72. The summed E-state index contributed by atoms with van der Waals surface area (Å²) < 4.78 is 0. The highest BCUT2D eigenvalue weighted by molar-refractivity contribution is 5.79. The number of unbranched alkanes of at least 4 members (excludes halogenated alkanes) is 1. The van der Waals surface area contributed by atoms with Gasteiger partial charge in [0.2, 0.25) is 0 Å². The summed E-state index contributed by atoms with van der Waals surface area (Å²) in [5, 5.41) is 0. The minimum atomic E-state index is 0.272. The summed E-state index contributed by atoms with van der Waals surface area (Å²) in [6.45, 7) is 4.45. The molecule has 0 aromatic heterocycles. The number of aliphatic imine (C=N–C) groups is 1. The molecular weight excluding hydrogens is 164 g/mol. The van der Waals surface area contributed by atoms with E-state index in [4.69, 9.17) is 0 Å². The van der Waals surface area contributed by atoms with Gasteiger partial charge in [-0.1, -0.05) is 0 Å². The molecule has 0 spiro atoms. The molecule has 0 rings (SSSR count). The zero-order valence-electron chi connectivity index (χ0n) is 9.13. The van der Waals surface area contributed by atoms with E-state index in [1.165, 1.54) is 0 Å². The second-order valence-corrected chi connectivity index (χ2v) is 3.48. The minimum Gasteiger partial charge on any atom is -0.367 e. The molecule has 3 nitrogen and oxygen atoms in total. The van der Waals surface area contributed by atoms with Crippen LogP contribution in [0.15, 0.2) is 4.99 Å². The first kappa shape index (κ1) is 12.1. The highest BCUT2D eigenvalue weighted by atomic mass is 16.1. The van der Waals surface area contributed by atoms with E-state index in [9.17, 15) is 4.79 Å². The van der Waals surface area contributed by atoms with Gasteiger partial charge in [0.15, 0.2) is 0 Å². The van der Waals surface area contributed by atoms with Gasteiger partial charge < -0.3 is 9.69 Å². The molecule has 0 unspecified atom stereocenters. The lowest BCUT2D eigenvalue weighted by Gasteiger charge is -2.10. The Morgan fingerprint density at radius 3 is 2.31 bits per heavy atom. The molecule has 0 aromatic carbocycles. The second kappa shape index (κ2) is 6.63. The van der Waals surface area contributed by atoms with E-state index >= 15 is 0 Å². The molecule has 0 N–H and O–H groups in total. The molecule has 0 bridgehead atoms. The number of carbonyl (C=O) groups is 1. The molecule has 0 fully saturated rings.